The summed E-state index contributed by atoms with van der Waals surface area (Å²) in [5.41, 5.74) is -0.759. The zero-order valence-corrected chi connectivity index (χ0v) is 12.1. The van der Waals surface area contributed by atoms with Gasteiger partial charge >= 0.3 is 11.9 Å². The Morgan fingerprint density at radius 3 is 2.59 bits per heavy atom. The maximum absolute atomic E-state index is 12.8. The van der Waals surface area contributed by atoms with E-state index in [0.717, 1.165) is 4.57 Å². The highest BCUT2D eigenvalue weighted by Crippen LogP contribution is 2.29. The molecule has 0 spiro atoms. The molecule has 0 amide bonds. The summed E-state index contributed by atoms with van der Waals surface area (Å²) in [6.07, 6.45) is -4.29. The van der Waals surface area contributed by atoms with E-state index in [1.54, 1.807) is 13.8 Å². The van der Waals surface area contributed by atoms with Crippen LogP contribution in [0.5, 0.6) is 0 Å². The van der Waals surface area contributed by atoms with Gasteiger partial charge in [0.05, 0.1) is 11.6 Å². The lowest BCUT2D eigenvalue weighted by molar-refractivity contribution is -0.141. The van der Waals surface area contributed by atoms with Crippen LogP contribution in [0, 0.1) is 0 Å². The summed E-state index contributed by atoms with van der Waals surface area (Å²) in [7, 11) is 0. The molecular weight excluding hydrogens is 301 g/mol. The van der Waals surface area contributed by atoms with E-state index in [4.69, 9.17) is 0 Å². The van der Waals surface area contributed by atoms with E-state index in [0.29, 0.717) is 10.3 Å². The van der Waals surface area contributed by atoms with Crippen LogP contribution in [0.25, 0.3) is 0 Å². The second kappa shape index (κ2) is 4.80. The number of nitrogens with one attached hydrogen (secondary N) is 1. The molecule has 0 aromatic carbocycles. The van der Waals surface area contributed by atoms with Crippen molar-refractivity contribution >= 4 is 11.5 Å². The van der Waals surface area contributed by atoms with Crippen molar-refractivity contribution in [3.63, 3.8) is 0 Å². The molecule has 1 fully saturated rings. The van der Waals surface area contributed by atoms with Crippen LogP contribution in [0.4, 0.5) is 19.0 Å². The minimum Gasteiger partial charge on any atom is -0.303 e. The fourth-order valence-corrected chi connectivity index (χ4v) is 2.87. The molecule has 9 heteroatoms. The minimum absolute atomic E-state index is 0.000144. The molecule has 0 bridgehead atoms. The third-order valence-corrected chi connectivity index (χ3v) is 3.99. The van der Waals surface area contributed by atoms with Crippen LogP contribution in [0.15, 0.2) is 14.6 Å². The lowest BCUT2D eigenvalue weighted by Crippen LogP contribution is -2.43. The van der Waals surface area contributed by atoms with E-state index >= 15 is 0 Å². The maximum Gasteiger partial charge on any atom is 0.406 e. The summed E-state index contributed by atoms with van der Waals surface area (Å²) < 4.78 is 39.8. The van der Waals surface area contributed by atoms with E-state index in [2.05, 4.69) is 10.3 Å². The van der Waals surface area contributed by atoms with Crippen molar-refractivity contribution in [3.8, 4) is 0 Å². The molecule has 0 saturated carbocycles. The number of fused-ring (bicyclic) bond motifs is 2. The lowest BCUT2D eigenvalue weighted by atomic mass is 10.1. The van der Waals surface area contributed by atoms with Crippen LogP contribution in [0.1, 0.15) is 19.4 Å². The summed E-state index contributed by atoms with van der Waals surface area (Å²) in [6.45, 7) is 1.80. The Labute approximate surface area is 123 Å². The number of aliphatic imine (C=N–C) groups is 1. The van der Waals surface area contributed by atoms with Crippen molar-refractivity contribution < 1.29 is 13.2 Å². The fraction of sp³-hybridized carbons (Fsp3) is 0.615. The van der Waals surface area contributed by atoms with Gasteiger partial charge in [-0.25, -0.2) is 9.79 Å². The van der Waals surface area contributed by atoms with Crippen molar-refractivity contribution in [3.05, 3.63) is 26.4 Å². The van der Waals surface area contributed by atoms with Gasteiger partial charge in [0.2, 0.25) is 0 Å². The molecule has 1 N–H and O–H groups in total. The predicted molar refractivity (Wildman–Crippen MR) is 73.9 cm³/mol. The first-order chi connectivity index (χ1) is 10.2. The Bertz CT molecular complexity index is 775. The Hall–Kier alpha value is -1.90. The fourth-order valence-electron chi connectivity index (χ4n) is 2.87. The maximum atomic E-state index is 12.8. The van der Waals surface area contributed by atoms with Gasteiger partial charge in [0.15, 0.2) is 0 Å². The van der Waals surface area contributed by atoms with Gasteiger partial charge in [-0.15, -0.1) is 0 Å². The summed E-state index contributed by atoms with van der Waals surface area (Å²) in [6, 6.07) is -0.0313. The number of aromatic nitrogens is 2. The normalized spacial score (nSPS) is 23.4. The zero-order valence-electron chi connectivity index (χ0n) is 12.1. The molecule has 2 unspecified atom stereocenters. The SMILES string of the molecule is CCn1c(=O)c2c(n(CC(F)(F)F)c1=O)N=C(C)C1NC1C2. The largest absolute Gasteiger partial charge is 0.406 e. The summed E-state index contributed by atoms with van der Waals surface area (Å²) in [4.78, 5) is 28.7. The highest BCUT2D eigenvalue weighted by molar-refractivity contribution is 5.93. The monoisotopic (exact) mass is 316 g/mol. The molecule has 2 aliphatic rings. The molecule has 6 nitrogen and oxygen atoms in total. The highest BCUT2D eigenvalue weighted by Gasteiger charge is 2.42. The number of hydrogen-bond donors (Lipinski definition) is 1. The van der Waals surface area contributed by atoms with Crippen LogP contribution in [0.2, 0.25) is 0 Å². The molecule has 1 aromatic heterocycles. The van der Waals surface area contributed by atoms with Crippen molar-refractivity contribution in [2.45, 2.75) is 51.6 Å². The molecule has 120 valence electrons. The second-order valence-electron chi connectivity index (χ2n) is 5.54. The van der Waals surface area contributed by atoms with Gasteiger partial charge < -0.3 is 5.32 Å². The topological polar surface area (TPSA) is 78.3 Å². The van der Waals surface area contributed by atoms with Gasteiger partial charge in [0.25, 0.3) is 5.56 Å². The summed E-state index contributed by atoms with van der Waals surface area (Å²) in [5.74, 6) is -0.150. The van der Waals surface area contributed by atoms with Crippen molar-refractivity contribution in [2.75, 3.05) is 0 Å². The number of alkyl halides is 3. The first kappa shape index (κ1) is 15.0. The van der Waals surface area contributed by atoms with Crippen LogP contribution >= 0.6 is 0 Å². The van der Waals surface area contributed by atoms with Gasteiger partial charge in [0, 0.05) is 18.3 Å². The van der Waals surface area contributed by atoms with Gasteiger partial charge in [0.1, 0.15) is 12.4 Å². The molecule has 0 aliphatic carbocycles. The molecule has 2 aliphatic heterocycles. The Morgan fingerprint density at radius 2 is 2.00 bits per heavy atom. The molecule has 22 heavy (non-hydrogen) atoms. The molecular formula is C13H15F3N4O2. The smallest absolute Gasteiger partial charge is 0.303 e. The Kier molecular flexibility index (Phi) is 3.28. The molecule has 1 saturated heterocycles. The molecule has 3 heterocycles. The van der Waals surface area contributed by atoms with Crippen LogP contribution in [-0.4, -0.2) is 33.1 Å². The number of hydrogen-bond acceptors (Lipinski definition) is 4. The average Bonchev–Trinajstić information content (AvgIpc) is 3.17. The minimum atomic E-state index is -4.57. The first-order valence-corrected chi connectivity index (χ1v) is 6.97. The van der Waals surface area contributed by atoms with Gasteiger partial charge in [-0.2, -0.15) is 13.2 Å². The quantitative estimate of drug-likeness (QED) is 0.811. The van der Waals surface area contributed by atoms with E-state index in [1.165, 1.54) is 0 Å². The van der Waals surface area contributed by atoms with E-state index < -0.39 is 24.0 Å². The number of halogens is 3. The third kappa shape index (κ3) is 2.39. The van der Waals surface area contributed by atoms with Crippen LogP contribution in [0.3, 0.4) is 0 Å². The third-order valence-electron chi connectivity index (χ3n) is 3.99. The lowest BCUT2D eigenvalue weighted by Gasteiger charge is -2.17. The van der Waals surface area contributed by atoms with Gasteiger partial charge in [-0.1, -0.05) is 0 Å². The Balaban J connectivity index is 2.30. The first-order valence-electron chi connectivity index (χ1n) is 6.97. The number of rotatable bonds is 2. The van der Waals surface area contributed by atoms with Crippen molar-refractivity contribution in [1.29, 1.82) is 0 Å². The van der Waals surface area contributed by atoms with Crippen molar-refractivity contribution in [1.82, 2.24) is 14.5 Å². The van der Waals surface area contributed by atoms with Crippen molar-refractivity contribution in [2.24, 2.45) is 4.99 Å². The number of nitrogens with zero attached hydrogens (tertiary/aromatic N) is 3. The highest BCUT2D eigenvalue weighted by atomic mass is 19.4. The summed E-state index contributed by atoms with van der Waals surface area (Å²) in [5, 5.41) is 3.12. The molecule has 1 aromatic rings. The van der Waals surface area contributed by atoms with Gasteiger partial charge in [-0.3, -0.25) is 13.9 Å². The average molecular weight is 316 g/mol. The van der Waals surface area contributed by atoms with Gasteiger partial charge in [-0.05, 0) is 20.3 Å². The van der Waals surface area contributed by atoms with E-state index in [-0.39, 0.29) is 36.4 Å². The zero-order chi connectivity index (χ0) is 16.2. The standard InChI is InChI=1S/C13H15F3N4O2/c1-3-19-11(21)7-4-8-9(18-8)6(2)17-10(7)20(12(19)22)5-13(14,15)16/h8-9,18H,3-5H2,1-2H3. The molecule has 2 atom stereocenters. The van der Waals surface area contributed by atoms with Crippen LogP contribution < -0.4 is 16.6 Å². The predicted octanol–water partition coefficient (Wildman–Crippen LogP) is 0.581. The second-order valence-corrected chi connectivity index (χ2v) is 5.54. The van der Waals surface area contributed by atoms with E-state index in [9.17, 15) is 22.8 Å². The van der Waals surface area contributed by atoms with Crippen LogP contribution in [-0.2, 0) is 19.5 Å². The molecule has 0 radical (unpaired) electrons. The van der Waals surface area contributed by atoms with E-state index in [1.807, 2.05) is 0 Å². The summed E-state index contributed by atoms with van der Waals surface area (Å²) >= 11 is 0. The Morgan fingerprint density at radius 1 is 1.32 bits per heavy atom. The molecule has 3 rings (SSSR count).